The molecule has 18 heteroatoms. The SMILES string of the molecule is Cc1ccc2c(ccn2CCCN2CCN(CCCCC(=O)C3CC(C)[C@@H](O[C@@H]4OC(C)[C@@H](O)[C@H](O)C4O)[C@H](O[C@@H]4O[C@@H](CO)[C@H](O)C(O[C@@H](CC5CCCCC5)C(=O)O)C4OC(=O)c4ccccc4)C3)CC2)c1. The molecule has 0 amide bonds. The summed E-state index contributed by atoms with van der Waals surface area (Å²) in [6, 6.07) is 16.9. The lowest BCUT2D eigenvalue weighted by Crippen LogP contribution is -2.64. The van der Waals surface area contributed by atoms with Gasteiger partial charge in [-0.15, -0.1) is 0 Å². The lowest BCUT2D eigenvalue weighted by atomic mass is 9.75. The van der Waals surface area contributed by atoms with E-state index in [1.807, 2.05) is 6.92 Å². The molecular weight excluding hydrogens is 955 g/mol. The fourth-order valence-corrected chi connectivity index (χ4v) is 11.9. The van der Waals surface area contributed by atoms with Gasteiger partial charge in [-0.1, -0.05) is 68.9 Å². The number of ether oxygens (including phenoxy) is 6. The molecule has 5 aliphatic rings. The van der Waals surface area contributed by atoms with Gasteiger partial charge in [0.05, 0.1) is 30.5 Å². The van der Waals surface area contributed by atoms with Crippen LogP contribution in [0.15, 0.2) is 60.8 Å². The summed E-state index contributed by atoms with van der Waals surface area (Å²) in [5.41, 5.74) is 2.69. The highest BCUT2D eigenvalue weighted by atomic mass is 16.7. The molecule has 2 aromatic carbocycles. The van der Waals surface area contributed by atoms with Crippen LogP contribution in [0.3, 0.4) is 0 Å². The van der Waals surface area contributed by atoms with E-state index in [4.69, 9.17) is 28.4 Å². The molecule has 6 unspecified atom stereocenters. The number of nitrogens with zero attached hydrogens (tertiary/aromatic N) is 3. The van der Waals surface area contributed by atoms with Gasteiger partial charge in [-0.3, -0.25) is 4.79 Å². The van der Waals surface area contributed by atoms with E-state index in [-0.39, 0.29) is 30.1 Å². The largest absolute Gasteiger partial charge is 0.479 e. The van der Waals surface area contributed by atoms with Crippen molar-refractivity contribution in [3.8, 4) is 0 Å². The Balaban J connectivity index is 0.934. The standard InChI is InChI=1S/C56H81N3O15/c1-34-18-19-41-39(29-34)20-24-59(41)23-12-22-58-27-25-57(26-28-58)21-11-10-17-42(61)40-30-35(2)50(74-55-49(65)48(64)46(62)36(3)69-55)43(32-40)71-56-52(73-54(68)38-15-8-5-9-16-38)51(47(63)45(33-60)72-56)70-44(53(66)67)31-37-13-6-4-7-14-37/h5,8-9,15-16,18-20,24,29,35-37,40,43-52,55-56,60,62-65H,4,6-7,10-14,17,21-23,25-28,30-33H2,1-3H3,(H,66,67)/t35?,36?,40?,43-,44+,45+,46-,47+,48+,49?,50-,51?,52?,55+,56-/m1/s1. The number of carbonyl (C=O) groups is 3. The van der Waals surface area contributed by atoms with Crippen LogP contribution in [0.25, 0.3) is 10.9 Å². The molecule has 6 N–H and O–H groups in total. The van der Waals surface area contributed by atoms with Crippen LogP contribution in [0.5, 0.6) is 0 Å². The first-order valence-corrected chi connectivity index (χ1v) is 27.3. The number of Topliss-reactive ketones (excluding diaryl/α,β-unsaturated/α-hetero) is 1. The number of fused-ring (bicyclic) bond motifs is 1. The molecule has 0 spiro atoms. The fraction of sp³-hybridized carbons (Fsp3) is 0.696. The summed E-state index contributed by atoms with van der Waals surface area (Å²) >= 11 is 0. The zero-order chi connectivity index (χ0) is 52.5. The second-order valence-corrected chi connectivity index (χ2v) is 21.8. The monoisotopic (exact) mass is 1040 g/mol. The van der Waals surface area contributed by atoms with Crippen LogP contribution in [-0.4, -0.2) is 188 Å². The number of aromatic nitrogens is 1. The Hall–Kier alpha value is -3.89. The van der Waals surface area contributed by atoms with E-state index in [1.54, 1.807) is 25.1 Å². The normalized spacial score (nSPS) is 33.1. The maximum absolute atomic E-state index is 14.2. The molecule has 18 nitrogen and oxygen atoms in total. The van der Waals surface area contributed by atoms with Gasteiger partial charge in [-0.25, -0.2) is 9.59 Å². The lowest BCUT2D eigenvalue weighted by Gasteiger charge is -2.48. The summed E-state index contributed by atoms with van der Waals surface area (Å²) in [6.45, 7) is 11.6. The van der Waals surface area contributed by atoms with Gasteiger partial charge < -0.3 is 73.4 Å². The van der Waals surface area contributed by atoms with E-state index < -0.39 is 110 Å². The molecule has 5 fully saturated rings. The van der Waals surface area contributed by atoms with E-state index in [9.17, 15) is 45.0 Å². The number of aliphatic hydroxyl groups is 5. The smallest absolute Gasteiger partial charge is 0.338 e. The number of aliphatic hydroxyl groups excluding tert-OH is 5. The Labute approximate surface area is 434 Å². The van der Waals surface area contributed by atoms with Crippen molar-refractivity contribution in [1.29, 1.82) is 0 Å². The molecule has 3 aliphatic heterocycles. The van der Waals surface area contributed by atoms with Crippen LogP contribution < -0.4 is 0 Å². The highest BCUT2D eigenvalue weighted by Crippen LogP contribution is 2.40. The van der Waals surface area contributed by atoms with Crippen molar-refractivity contribution in [2.45, 2.75) is 184 Å². The van der Waals surface area contributed by atoms with Gasteiger partial charge in [-0.05, 0) is 113 Å². The number of hydrogen-bond acceptors (Lipinski definition) is 16. The van der Waals surface area contributed by atoms with Crippen molar-refractivity contribution < 1.29 is 73.4 Å². The number of ketones is 1. The van der Waals surface area contributed by atoms with Crippen molar-refractivity contribution >= 4 is 28.6 Å². The zero-order valence-corrected chi connectivity index (χ0v) is 43.4. The predicted molar refractivity (Wildman–Crippen MR) is 272 cm³/mol. The molecule has 4 heterocycles. The third-order valence-corrected chi connectivity index (χ3v) is 16.3. The van der Waals surface area contributed by atoms with Gasteiger partial charge in [0.25, 0.3) is 0 Å². The number of hydrogen-bond donors (Lipinski definition) is 6. The van der Waals surface area contributed by atoms with Crippen molar-refractivity contribution in [1.82, 2.24) is 14.4 Å². The number of benzene rings is 2. The average molecular weight is 1040 g/mol. The molecule has 3 saturated heterocycles. The second kappa shape index (κ2) is 26.4. The van der Waals surface area contributed by atoms with Crippen molar-refractivity contribution in [2.75, 3.05) is 45.9 Å². The molecule has 0 radical (unpaired) electrons. The Bertz CT molecular complexity index is 2250. The van der Waals surface area contributed by atoms with Crippen LogP contribution >= 0.6 is 0 Å². The third-order valence-electron chi connectivity index (χ3n) is 16.3. The molecule has 0 bridgehead atoms. The van der Waals surface area contributed by atoms with Crippen LogP contribution in [0.1, 0.15) is 107 Å². The molecule has 1 aromatic heterocycles. The number of aliphatic carboxylic acids is 1. The maximum atomic E-state index is 14.2. The number of rotatable bonds is 22. The van der Waals surface area contributed by atoms with E-state index in [0.29, 0.717) is 19.3 Å². The van der Waals surface area contributed by atoms with E-state index in [0.717, 1.165) is 90.8 Å². The van der Waals surface area contributed by atoms with Crippen LogP contribution in [0, 0.1) is 24.7 Å². The summed E-state index contributed by atoms with van der Waals surface area (Å²) in [6.07, 6.45) is -7.73. The van der Waals surface area contributed by atoms with Crippen LogP contribution in [0.2, 0.25) is 0 Å². The number of carboxylic acid groups (broad SMARTS) is 1. The topological polar surface area (TPSA) is 239 Å². The van der Waals surface area contributed by atoms with E-state index in [2.05, 4.69) is 51.8 Å². The van der Waals surface area contributed by atoms with Gasteiger partial charge in [0.1, 0.15) is 42.4 Å². The van der Waals surface area contributed by atoms with Gasteiger partial charge in [0.2, 0.25) is 0 Å². The molecule has 15 atom stereocenters. The number of carboxylic acids is 1. The molecule has 3 aromatic rings. The molecule has 74 heavy (non-hydrogen) atoms. The predicted octanol–water partition coefficient (Wildman–Crippen LogP) is 4.45. The van der Waals surface area contributed by atoms with Crippen LogP contribution in [0.4, 0.5) is 0 Å². The number of unbranched alkanes of at least 4 members (excludes halogenated alkanes) is 1. The average Bonchev–Trinajstić information content (AvgIpc) is 3.80. The van der Waals surface area contributed by atoms with Gasteiger partial charge in [0.15, 0.2) is 24.8 Å². The highest BCUT2D eigenvalue weighted by Gasteiger charge is 2.54. The molecule has 410 valence electrons. The van der Waals surface area contributed by atoms with Crippen LogP contribution in [-0.2, 0) is 44.6 Å². The minimum Gasteiger partial charge on any atom is -0.479 e. The van der Waals surface area contributed by atoms with Gasteiger partial charge in [0, 0.05) is 56.8 Å². The fourth-order valence-electron chi connectivity index (χ4n) is 11.9. The summed E-state index contributed by atoms with van der Waals surface area (Å²) < 4.78 is 40.1. The first kappa shape index (κ1) is 56.3. The van der Waals surface area contributed by atoms with E-state index >= 15 is 0 Å². The summed E-state index contributed by atoms with van der Waals surface area (Å²) in [5, 5.41) is 66.4. The lowest BCUT2D eigenvalue weighted by molar-refractivity contribution is -0.349. The molecule has 2 aliphatic carbocycles. The Morgan fingerprint density at radius 1 is 0.743 bits per heavy atom. The molecular formula is C56H81N3O15. The van der Waals surface area contributed by atoms with Crippen molar-refractivity contribution in [2.24, 2.45) is 17.8 Å². The number of piperazine rings is 1. The molecule has 2 saturated carbocycles. The first-order valence-electron chi connectivity index (χ1n) is 27.3. The van der Waals surface area contributed by atoms with Gasteiger partial charge >= 0.3 is 11.9 Å². The van der Waals surface area contributed by atoms with E-state index in [1.165, 1.54) is 28.6 Å². The minimum absolute atomic E-state index is 0.0361. The Morgan fingerprint density at radius 2 is 1.46 bits per heavy atom. The Morgan fingerprint density at radius 3 is 2.16 bits per heavy atom. The molecule has 8 rings (SSSR count). The summed E-state index contributed by atoms with van der Waals surface area (Å²) in [7, 11) is 0. The first-order chi connectivity index (χ1) is 35.7. The highest BCUT2D eigenvalue weighted by molar-refractivity contribution is 5.89. The number of carbonyl (C=O) groups excluding carboxylic acids is 2. The quantitative estimate of drug-likeness (QED) is 0.0602. The maximum Gasteiger partial charge on any atom is 0.338 e. The zero-order valence-electron chi connectivity index (χ0n) is 43.4. The second-order valence-electron chi connectivity index (χ2n) is 21.8. The number of esters is 1. The number of aryl methyl sites for hydroxylation is 2. The third kappa shape index (κ3) is 14.2. The van der Waals surface area contributed by atoms with Crippen molar-refractivity contribution in [3.05, 3.63) is 71.9 Å². The summed E-state index contributed by atoms with van der Waals surface area (Å²) in [4.78, 5) is 46.0. The Kier molecular flexibility index (Phi) is 20.1. The summed E-state index contributed by atoms with van der Waals surface area (Å²) in [5.74, 6) is -2.93. The van der Waals surface area contributed by atoms with Gasteiger partial charge in [-0.2, -0.15) is 0 Å². The minimum atomic E-state index is -1.66. The van der Waals surface area contributed by atoms with Crippen molar-refractivity contribution in [3.63, 3.8) is 0 Å².